The molecule has 0 bridgehead atoms. The number of carboxylic acid groups (broad SMARTS) is 1. The summed E-state index contributed by atoms with van der Waals surface area (Å²) in [5, 5.41) is 23.7. The summed E-state index contributed by atoms with van der Waals surface area (Å²) in [6.45, 7) is 0.465. The lowest BCUT2D eigenvalue weighted by Gasteiger charge is -2.12. The first-order valence-electron chi connectivity index (χ1n) is 8.56. The van der Waals surface area contributed by atoms with Gasteiger partial charge in [0.1, 0.15) is 11.4 Å². The highest BCUT2D eigenvalue weighted by Crippen LogP contribution is 2.20. The second-order valence-corrected chi connectivity index (χ2v) is 6.04. The van der Waals surface area contributed by atoms with E-state index in [1.807, 2.05) is 30.3 Å². The van der Waals surface area contributed by atoms with Crippen molar-refractivity contribution in [1.29, 1.82) is 0 Å². The van der Waals surface area contributed by atoms with Crippen LogP contribution in [-0.2, 0) is 6.54 Å². The largest absolute Gasteiger partial charge is 0.478 e. The molecule has 2 aromatic carbocycles. The van der Waals surface area contributed by atoms with E-state index < -0.39 is 5.97 Å². The third-order valence-electron chi connectivity index (χ3n) is 4.15. The van der Waals surface area contributed by atoms with Gasteiger partial charge in [-0.2, -0.15) is 5.10 Å². The van der Waals surface area contributed by atoms with Crippen molar-refractivity contribution in [1.82, 2.24) is 20.3 Å². The topological polar surface area (TPSA) is 152 Å². The van der Waals surface area contributed by atoms with Gasteiger partial charge in [-0.3, -0.25) is 0 Å². The number of aromatic carboxylic acids is 1. The number of nitrogens with zero attached hydrogens (tertiary/aromatic N) is 5. The summed E-state index contributed by atoms with van der Waals surface area (Å²) < 4.78 is 4.71. The molecule has 0 aliphatic carbocycles. The number of rotatable bonds is 6. The zero-order valence-electron chi connectivity index (χ0n) is 15.0. The van der Waals surface area contributed by atoms with Crippen LogP contribution in [0.1, 0.15) is 27.2 Å². The van der Waals surface area contributed by atoms with Gasteiger partial charge in [-0.25, -0.2) is 19.4 Å². The summed E-state index contributed by atoms with van der Waals surface area (Å²) in [6.07, 6.45) is 0. The van der Waals surface area contributed by atoms with Crippen molar-refractivity contribution in [2.75, 3.05) is 5.32 Å². The minimum absolute atomic E-state index is 0.0968. The Labute approximate surface area is 164 Å². The molecule has 0 spiro atoms. The second kappa shape index (κ2) is 7.72. The highest BCUT2D eigenvalue weighted by atomic mass is 16.6. The number of benzene rings is 2. The standard InChI is InChI=1S/C19H15N7O3/c20-24-14(12-7-4-8-13(9-12)19(27)28)15-16(21-10-11-5-2-1-3-6-11)23-18-17(22-15)25-29-26-18/h1-9H,10,20H2,(H,27,28)(H,21,23,26). The molecule has 10 nitrogen and oxygen atoms in total. The van der Waals surface area contributed by atoms with Crippen LogP contribution in [0.3, 0.4) is 0 Å². The first-order valence-corrected chi connectivity index (χ1v) is 8.56. The number of hydrogen-bond acceptors (Lipinski definition) is 9. The van der Waals surface area contributed by atoms with Crippen molar-refractivity contribution in [2.24, 2.45) is 10.9 Å². The predicted molar refractivity (Wildman–Crippen MR) is 104 cm³/mol. The maximum Gasteiger partial charge on any atom is 0.335 e. The van der Waals surface area contributed by atoms with E-state index in [0.29, 0.717) is 23.6 Å². The molecule has 0 atom stereocenters. The molecule has 0 saturated carbocycles. The quantitative estimate of drug-likeness (QED) is 0.255. The van der Waals surface area contributed by atoms with Crippen molar-refractivity contribution in [3.63, 3.8) is 0 Å². The third-order valence-corrected chi connectivity index (χ3v) is 4.15. The number of hydrazone groups is 1. The van der Waals surface area contributed by atoms with Gasteiger partial charge in [0.25, 0.3) is 0 Å². The van der Waals surface area contributed by atoms with Gasteiger partial charge in [0.2, 0.25) is 11.3 Å². The van der Waals surface area contributed by atoms with Gasteiger partial charge < -0.3 is 16.3 Å². The molecule has 2 heterocycles. The number of hydrogen-bond donors (Lipinski definition) is 3. The van der Waals surface area contributed by atoms with Crippen molar-refractivity contribution >= 4 is 28.8 Å². The van der Waals surface area contributed by atoms with Gasteiger partial charge in [-0.15, -0.1) is 0 Å². The molecule has 0 aliphatic heterocycles. The van der Waals surface area contributed by atoms with Crippen LogP contribution >= 0.6 is 0 Å². The predicted octanol–water partition coefficient (Wildman–Crippen LogP) is 2.03. The minimum Gasteiger partial charge on any atom is -0.478 e. The summed E-state index contributed by atoms with van der Waals surface area (Å²) in [5.74, 6) is 4.94. The summed E-state index contributed by atoms with van der Waals surface area (Å²) in [6, 6.07) is 15.9. The lowest BCUT2D eigenvalue weighted by Crippen LogP contribution is -2.15. The molecule has 0 amide bonds. The second-order valence-electron chi connectivity index (χ2n) is 6.04. The van der Waals surface area contributed by atoms with Crippen LogP contribution < -0.4 is 11.2 Å². The van der Waals surface area contributed by atoms with Crippen LogP contribution in [0.15, 0.2) is 64.3 Å². The fraction of sp³-hybridized carbons (Fsp3) is 0.0526. The summed E-state index contributed by atoms with van der Waals surface area (Å²) in [4.78, 5) is 20.2. The van der Waals surface area contributed by atoms with Crippen LogP contribution in [0.5, 0.6) is 0 Å². The van der Waals surface area contributed by atoms with Crippen molar-refractivity contribution in [2.45, 2.75) is 6.54 Å². The number of anilines is 1. The number of fused-ring (bicyclic) bond motifs is 1. The Morgan fingerprint density at radius 1 is 1.03 bits per heavy atom. The summed E-state index contributed by atoms with van der Waals surface area (Å²) in [7, 11) is 0. The maximum absolute atomic E-state index is 11.3. The lowest BCUT2D eigenvalue weighted by molar-refractivity contribution is 0.0697. The zero-order valence-corrected chi connectivity index (χ0v) is 15.0. The van der Waals surface area contributed by atoms with Crippen LogP contribution in [-0.4, -0.2) is 37.1 Å². The summed E-state index contributed by atoms with van der Waals surface area (Å²) in [5.41, 5.74) is 2.55. The number of carbonyl (C=O) groups is 1. The summed E-state index contributed by atoms with van der Waals surface area (Å²) >= 11 is 0. The Bertz CT molecular complexity index is 1200. The molecular weight excluding hydrogens is 374 g/mol. The number of nitrogens with one attached hydrogen (secondary N) is 1. The van der Waals surface area contributed by atoms with E-state index in [2.05, 4.69) is 30.7 Å². The van der Waals surface area contributed by atoms with E-state index in [-0.39, 0.29) is 22.6 Å². The zero-order chi connectivity index (χ0) is 20.2. The van der Waals surface area contributed by atoms with E-state index in [9.17, 15) is 9.90 Å². The average Bonchev–Trinajstić information content (AvgIpc) is 3.21. The third kappa shape index (κ3) is 3.72. The fourth-order valence-corrected chi connectivity index (χ4v) is 2.78. The maximum atomic E-state index is 11.3. The molecule has 4 aromatic rings. The Kier molecular flexibility index (Phi) is 4.81. The molecule has 0 unspecified atom stereocenters. The molecule has 0 fully saturated rings. The van der Waals surface area contributed by atoms with Gasteiger partial charge >= 0.3 is 5.97 Å². The molecule has 29 heavy (non-hydrogen) atoms. The van der Waals surface area contributed by atoms with Crippen molar-refractivity contribution in [3.05, 3.63) is 77.0 Å². The van der Waals surface area contributed by atoms with E-state index in [1.54, 1.807) is 12.1 Å². The van der Waals surface area contributed by atoms with Crippen LogP contribution in [0, 0.1) is 0 Å². The lowest BCUT2D eigenvalue weighted by atomic mass is 10.0. The van der Waals surface area contributed by atoms with E-state index >= 15 is 0 Å². The Morgan fingerprint density at radius 2 is 1.76 bits per heavy atom. The Morgan fingerprint density at radius 3 is 2.48 bits per heavy atom. The van der Waals surface area contributed by atoms with Crippen molar-refractivity contribution < 1.29 is 14.5 Å². The molecule has 4 N–H and O–H groups in total. The van der Waals surface area contributed by atoms with Gasteiger partial charge in [0.15, 0.2) is 5.82 Å². The average molecular weight is 389 g/mol. The van der Waals surface area contributed by atoms with Gasteiger partial charge in [-0.05, 0) is 28.0 Å². The molecule has 10 heteroatoms. The SMILES string of the molecule is NN=C(c1cccc(C(=O)O)c1)c1nc2nonc2nc1NCc1ccccc1. The van der Waals surface area contributed by atoms with Crippen LogP contribution in [0.2, 0.25) is 0 Å². The molecule has 0 aliphatic rings. The van der Waals surface area contributed by atoms with Crippen molar-refractivity contribution in [3.8, 4) is 0 Å². The fourth-order valence-electron chi connectivity index (χ4n) is 2.78. The molecule has 0 radical (unpaired) electrons. The van der Waals surface area contributed by atoms with E-state index in [4.69, 9.17) is 10.5 Å². The highest BCUT2D eigenvalue weighted by molar-refractivity contribution is 6.15. The number of aromatic nitrogens is 4. The highest BCUT2D eigenvalue weighted by Gasteiger charge is 2.20. The Balaban J connectivity index is 1.78. The smallest absolute Gasteiger partial charge is 0.335 e. The monoisotopic (exact) mass is 389 g/mol. The molecule has 2 aromatic heterocycles. The number of nitrogens with two attached hydrogens (primary N) is 1. The molecule has 0 saturated heterocycles. The van der Waals surface area contributed by atoms with E-state index in [0.717, 1.165) is 5.56 Å². The minimum atomic E-state index is -1.06. The molecular formula is C19H15N7O3. The first-order chi connectivity index (χ1) is 14.2. The van der Waals surface area contributed by atoms with Crippen LogP contribution in [0.4, 0.5) is 5.82 Å². The normalized spacial score (nSPS) is 11.5. The van der Waals surface area contributed by atoms with Crippen LogP contribution in [0.25, 0.3) is 11.3 Å². The van der Waals surface area contributed by atoms with Gasteiger partial charge in [0.05, 0.1) is 5.56 Å². The first kappa shape index (κ1) is 18.0. The molecule has 144 valence electrons. The van der Waals surface area contributed by atoms with Gasteiger partial charge in [0, 0.05) is 12.1 Å². The van der Waals surface area contributed by atoms with Gasteiger partial charge in [-0.1, -0.05) is 42.5 Å². The number of carboxylic acids is 1. The van der Waals surface area contributed by atoms with E-state index in [1.165, 1.54) is 12.1 Å². The molecule has 4 rings (SSSR count). The Hall–Kier alpha value is -4.34.